The Morgan fingerprint density at radius 2 is 1.72 bits per heavy atom. The summed E-state index contributed by atoms with van der Waals surface area (Å²) in [5, 5.41) is 10.7. The fraction of sp³-hybridized carbons (Fsp3) is 0.467. The minimum atomic E-state index is -1.24. The third-order valence-corrected chi connectivity index (χ3v) is 2.93. The van der Waals surface area contributed by atoms with Crippen molar-refractivity contribution in [3.8, 4) is 0 Å². The minimum absolute atomic E-state index is 0.00889. The van der Waals surface area contributed by atoms with Gasteiger partial charge >= 0.3 is 0 Å². The van der Waals surface area contributed by atoms with Gasteiger partial charge in [0.2, 0.25) is 0 Å². The molecule has 0 aliphatic carbocycles. The summed E-state index contributed by atoms with van der Waals surface area (Å²) in [6.45, 7) is 2.15. The van der Waals surface area contributed by atoms with E-state index in [1.54, 1.807) is 12.1 Å². The lowest BCUT2D eigenvalue weighted by Gasteiger charge is -2.05. The van der Waals surface area contributed by atoms with E-state index in [0.717, 1.165) is 19.3 Å². The summed E-state index contributed by atoms with van der Waals surface area (Å²) >= 11 is 0. The van der Waals surface area contributed by atoms with Gasteiger partial charge in [0, 0.05) is 12.0 Å². The molecule has 1 aromatic carbocycles. The molecule has 0 radical (unpaired) electrons. The number of hydrogen-bond donors (Lipinski definition) is 0. The molecule has 3 nitrogen and oxygen atoms in total. The van der Waals surface area contributed by atoms with Gasteiger partial charge in [-0.2, -0.15) is 0 Å². The molecule has 0 atom stereocenters. The van der Waals surface area contributed by atoms with Crippen molar-refractivity contribution in [1.82, 2.24) is 0 Å². The van der Waals surface area contributed by atoms with E-state index in [1.807, 2.05) is 0 Å². The molecular weight excluding hydrogens is 228 g/mol. The maximum absolute atomic E-state index is 11.8. The zero-order valence-electron chi connectivity index (χ0n) is 10.8. The molecule has 0 aromatic heterocycles. The molecule has 0 aliphatic heterocycles. The number of hydrogen-bond acceptors (Lipinski definition) is 3. The van der Waals surface area contributed by atoms with Crippen molar-refractivity contribution in [2.75, 3.05) is 0 Å². The first-order valence-corrected chi connectivity index (χ1v) is 6.49. The monoisotopic (exact) mass is 247 g/mol. The third-order valence-electron chi connectivity index (χ3n) is 2.93. The van der Waals surface area contributed by atoms with Crippen molar-refractivity contribution < 1.29 is 14.7 Å². The van der Waals surface area contributed by atoms with Crippen molar-refractivity contribution in [2.45, 2.75) is 45.4 Å². The molecule has 1 rings (SSSR count). The van der Waals surface area contributed by atoms with Gasteiger partial charge in [0.25, 0.3) is 0 Å². The van der Waals surface area contributed by atoms with E-state index in [2.05, 4.69) is 6.92 Å². The minimum Gasteiger partial charge on any atom is -0.545 e. The van der Waals surface area contributed by atoms with Crippen LogP contribution in [0.25, 0.3) is 0 Å². The Bertz CT molecular complexity index is 410. The highest BCUT2D eigenvalue weighted by molar-refractivity contribution is 5.98. The van der Waals surface area contributed by atoms with Crippen molar-refractivity contribution >= 4 is 11.8 Å². The van der Waals surface area contributed by atoms with E-state index in [1.165, 1.54) is 25.0 Å². The number of Topliss-reactive ketones (excluding diaryl/α,β-unsaturated/α-hetero) is 1. The van der Waals surface area contributed by atoms with Crippen molar-refractivity contribution in [3.05, 3.63) is 35.4 Å². The van der Waals surface area contributed by atoms with E-state index in [9.17, 15) is 14.7 Å². The summed E-state index contributed by atoms with van der Waals surface area (Å²) in [7, 11) is 0. The fourth-order valence-corrected chi connectivity index (χ4v) is 1.85. The van der Waals surface area contributed by atoms with E-state index in [0.29, 0.717) is 12.0 Å². The summed E-state index contributed by atoms with van der Waals surface area (Å²) in [5.74, 6) is -1.23. The highest BCUT2D eigenvalue weighted by Crippen LogP contribution is 2.11. The number of carbonyl (C=O) groups is 2. The van der Waals surface area contributed by atoms with Crippen molar-refractivity contribution in [3.63, 3.8) is 0 Å². The maximum Gasteiger partial charge on any atom is 0.162 e. The predicted molar refractivity (Wildman–Crippen MR) is 68.5 cm³/mol. The molecule has 0 unspecified atom stereocenters. The standard InChI is InChI=1S/C15H20O3/c1-2-3-4-5-6-10-14(16)12-8-7-9-13(11-12)15(17)18/h7-9,11H,2-6,10H2,1H3,(H,17,18)/p-1. The lowest BCUT2D eigenvalue weighted by molar-refractivity contribution is -0.255. The lowest BCUT2D eigenvalue weighted by Crippen LogP contribution is -2.22. The molecule has 0 N–H and O–H groups in total. The van der Waals surface area contributed by atoms with Crippen LogP contribution in [0.3, 0.4) is 0 Å². The zero-order chi connectivity index (χ0) is 13.4. The Morgan fingerprint density at radius 3 is 2.39 bits per heavy atom. The van der Waals surface area contributed by atoms with Crippen LogP contribution in [0.5, 0.6) is 0 Å². The molecule has 0 spiro atoms. The second-order valence-corrected chi connectivity index (χ2v) is 4.46. The van der Waals surface area contributed by atoms with E-state index < -0.39 is 5.97 Å². The van der Waals surface area contributed by atoms with Crippen LogP contribution in [0.1, 0.15) is 66.2 Å². The summed E-state index contributed by atoms with van der Waals surface area (Å²) in [5.41, 5.74) is 0.527. The largest absolute Gasteiger partial charge is 0.545 e. The number of carboxylic acid groups (broad SMARTS) is 1. The van der Waals surface area contributed by atoms with Crippen LogP contribution in [-0.4, -0.2) is 11.8 Å². The van der Waals surface area contributed by atoms with Gasteiger partial charge in [-0.1, -0.05) is 50.8 Å². The highest BCUT2D eigenvalue weighted by atomic mass is 16.4. The van der Waals surface area contributed by atoms with Crippen molar-refractivity contribution in [2.24, 2.45) is 0 Å². The van der Waals surface area contributed by atoms with Gasteiger partial charge in [0.1, 0.15) is 0 Å². The summed E-state index contributed by atoms with van der Waals surface area (Å²) in [6, 6.07) is 6.06. The second-order valence-electron chi connectivity index (χ2n) is 4.46. The van der Waals surface area contributed by atoms with Gasteiger partial charge in [-0.25, -0.2) is 0 Å². The molecule has 0 saturated heterocycles. The molecule has 1 aromatic rings. The van der Waals surface area contributed by atoms with Crippen LogP contribution in [0.4, 0.5) is 0 Å². The van der Waals surface area contributed by atoms with Gasteiger partial charge < -0.3 is 9.90 Å². The average Bonchev–Trinajstić information content (AvgIpc) is 2.38. The van der Waals surface area contributed by atoms with E-state index >= 15 is 0 Å². The second kappa shape index (κ2) is 7.64. The van der Waals surface area contributed by atoms with Gasteiger partial charge in [-0.05, 0) is 18.1 Å². The highest BCUT2D eigenvalue weighted by Gasteiger charge is 2.06. The molecular formula is C15H19O3-. The molecule has 3 heteroatoms. The molecule has 0 bridgehead atoms. The first kappa shape index (κ1) is 14.4. The summed E-state index contributed by atoms with van der Waals surface area (Å²) in [6.07, 6.45) is 5.95. The number of rotatable bonds is 8. The zero-order valence-corrected chi connectivity index (χ0v) is 10.8. The number of benzene rings is 1. The van der Waals surface area contributed by atoms with Crippen molar-refractivity contribution in [1.29, 1.82) is 0 Å². The number of carboxylic acids is 1. The average molecular weight is 247 g/mol. The summed E-state index contributed by atoms with van der Waals surface area (Å²) < 4.78 is 0. The Morgan fingerprint density at radius 1 is 1.06 bits per heavy atom. The maximum atomic E-state index is 11.8. The lowest BCUT2D eigenvalue weighted by atomic mass is 10.0. The number of carbonyl (C=O) groups excluding carboxylic acids is 2. The third kappa shape index (κ3) is 4.70. The van der Waals surface area contributed by atoms with Crippen LogP contribution in [0, 0.1) is 0 Å². The summed E-state index contributed by atoms with van der Waals surface area (Å²) in [4.78, 5) is 22.5. The quantitative estimate of drug-likeness (QED) is 0.524. The van der Waals surface area contributed by atoms with Crippen LogP contribution in [-0.2, 0) is 0 Å². The normalized spacial score (nSPS) is 10.3. The Balaban J connectivity index is 2.46. The van der Waals surface area contributed by atoms with E-state index in [4.69, 9.17) is 0 Å². The number of unbranched alkanes of at least 4 members (excludes halogenated alkanes) is 4. The number of aromatic carboxylic acids is 1. The number of ketones is 1. The molecule has 18 heavy (non-hydrogen) atoms. The van der Waals surface area contributed by atoms with Gasteiger partial charge in [-0.15, -0.1) is 0 Å². The Labute approximate surface area is 108 Å². The molecule has 0 heterocycles. The topological polar surface area (TPSA) is 57.2 Å². The van der Waals surface area contributed by atoms with Crippen LogP contribution in [0.2, 0.25) is 0 Å². The molecule has 0 aliphatic rings. The van der Waals surface area contributed by atoms with Gasteiger partial charge in [0.05, 0.1) is 5.97 Å². The first-order valence-electron chi connectivity index (χ1n) is 6.49. The van der Waals surface area contributed by atoms with Gasteiger partial charge in [0.15, 0.2) is 5.78 Å². The molecule has 98 valence electrons. The van der Waals surface area contributed by atoms with Crippen LogP contribution >= 0.6 is 0 Å². The molecule has 0 saturated carbocycles. The Hall–Kier alpha value is -1.64. The van der Waals surface area contributed by atoms with Crippen LogP contribution in [0.15, 0.2) is 24.3 Å². The first-order chi connectivity index (χ1) is 8.65. The Kier molecular flexibility index (Phi) is 6.12. The predicted octanol–water partition coefficient (Wildman–Crippen LogP) is 2.59. The van der Waals surface area contributed by atoms with E-state index in [-0.39, 0.29) is 11.3 Å². The fourth-order valence-electron chi connectivity index (χ4n) is 1.85. The van der Waals surface area contributed by atoms with Crippen LogP contribution < -0.4 is 5.11 Å². The molecule has 0 amide bonds. The molecule has 0 fully saturated rings. The van der Waals surface area contributed by atoms with Gasteiger partial charge in [-0.3, -0.25) is 4.79 Å². The SMILES string of the molecule is CCCCCCCC(=O)c1cccc(C(=O)[O-])c1. The smallest absolute Gasteiger partial charge is 0.162 e.